The quantitative estimate of drug-likeness (QED) is 0.633. The van der Waals surface area contributed by atoms with E-state index in [1.807, 2.05) is 30.3 Å². The van der Waals surface area contributed by atoms with Gasteiger partial charge >= 0.3 is 5.97 Å². The molecule has 156 valence electrons. The summed E-state index contributed by atoms with van der Waals surface area (Å²) in [6, 6.07) is 19.1. The molecule has 3 aromatic rings. The minimum atomic E-state index is -3.86. The second-order valence-corrected chi connectivity index (χ2v) is 9.34. The van der Waals surface area contributed by atoms with Crippen molar-refractivity contribution in [3.63, 3.8) is 0 Å². The number of hydrogen-bond acceptors (Lipinski definition) is 4. The number of benzene rings is 3. The summed E-state index contributed by atoms with van der Waals surface area (Å²) in [4.78, 5) is 11.8. The highest BCUT2D eigenvalue weighted by molar-refractivity contribution is 7.89. The van der Waals surface area contributed by atoms with E-state index in [0.717, 1.165) is 31.5 Å². The summed E-state index contributed by atoms with van der Waals surface area (Å²) in [5.74, 6) is -1.07. The maximum Gasteiger partial charge on any atom is 0.336 e. The second kappa shape index (κ2) is 8.55. The molecular formula is C23H24N2O4S. The largest absolute Gasteiger partial charge is 0.478 e. The third kappa shape index (κ3) is 3.96. The lowest BCUT2D eigenvalue weighted by Crippen LogP contribution is -2.45. The normalized spacial score (nSPS) is 15.5. The van der Waals surface area contributed by atoms with Gasteiger partial charge in [0, 0.05) is 18.0 Å². The van der Waals surface area contributed by atoms with Crippen molar-refractivity contribution in [2.75, 3.05) is 13.1 Å². The van der Waals surface area contributed by atoms with E-state index in [2.05, 4.69) is 5.32 Å². The average molecular weight is 425 g/mol. The minimum absolute atomic E-state index is 0.0982. The zero-order valence-corrected chi connectivity index (χ0v) is 17.3. The zero-order chi connectivity index (χ0) is 21.1. The van der Waals surface area contributed by atoms with E-state index < -0.39 is 16.0 Å². The molecule has 3 aromatic carbocycles. The lowest BCUT2D eigenvalue weighted by molar-refractivity contribution is 0.0699. The molecule has 1 saturated heterocycles. The average Bonchev–Trinajstić information content (AvgIpc) is 2.77. The van der Waals surface area contributed by atoms with Gasteiger partial charge in [0.2, 0.25) is 10.0 Å². The molecule has 1 aliphatic heterocycles. The summed E-state index contributed by atoms with van der Waals surface area (Å²) >= 11 is 0. The molecule has 6 nitrogen and oxygen atoms in total. The predicted octanol–water partition coefficient (Wildman–Crippen LogP) is 3.48. The van der Waals surface area contributed by atoms with Gasteiger partial charge in [-0.05, 0) is 49.0 Å². The fraction of sp³-hybridized carbons (Fsp3) is 0.261. The lowest BCUT2D eigenvalue weighted by Gasteiger charge is -2.34. The summed E-state index contributed by atoms with van der Waals surface area (Å²) in [6.07, 6.45) is 1.47. The Morgan fingerprint density at radius 1 is 0.933 bits per heavy atom. The Bertz CT molecular complexity index is 1160. The highest BCUT2D eigenvalue weighted by atomic mass is 32.2. The summed E-state index contributed by atoms with van der Waals surface area (Å²) in [6.45, 7) is 1.82. The SMILES string of the molecule is O=C(O)c1ccc(S(=O)(=O)N(Cc2ccccc2)C2CCNCC2)c2ccccc12. The van der Waals surface area contributed by atoms with Crippen molar-refractivity contribution in [3.8, 4) is 0 Å². The number of nitrogens with one attached hydrogen (secondary N) is 1. The Hall–Kier alpha value is -2.74. The fourth-order valence-electron chi connectivity index (χ4n) is 4.08. The number of nitrogens with zero attached hydrogens (tertiary/aromatic N) is 1. The molecule has 7 heteroatoms. The summed E-state index contributed by atoms with van der Waals surface area (Å²) < 4.78 is 29.4. The van der Waals surface area contributed by atoms with Crippen molar-refractivity contribution < 1.29 is 18.3 Å². The third-order valence-electron chi connectivity index (χ3n) is 5.60. The van der Waals surface area contributed by atoms with E-state index >= 15 is 0 Å². The number of rotatable bonds is 6. The van der Waals surface area contributed by atoms with Gasteiger partial charge in [-0.1, -0.05) is 54.6 Å². The van der Waals surface area contributed by atoms with Gasteiger partial charge in [-0.15, -0.1) is 0 Å². The number of carbonyl (C=O) groups is 1. The predicted molar refractivity (Wildman–Crippen MR) is 116 cm³/mol. The van der Waals surface area contributed by atoms with Crippen molar-refractivity contribution in [1.29, 1.82) is 0 Å². The van der Waals surface area contributed by atoms with Crippen LogP contribution in [0, 0.1) is 0 Å². The molecule has 1 aliphatic rings. The molecule has 4 rings (SSSR count). The van der Waals surface area contributed by atoms with Crippen molar-refractivity contribution in [2.45, 2.75) is 30.3 Å². The molecule has 30 heavy (non-hydrogen) atoms. The number of sulfonamides is 1. The topological polar surface area (TPSA) is 86.7 Å². The summed E-state index contributed by atoms with van der Waals surface area (Å²) in [5, 5.41) is 13.7. The summed E-state index contributed by atoms with van der Waals surface area (Å²) in [7, 11) is -3.86. The molecule has 0 saturated carbocycles. The van der Waals surface area contributed by atoms with Crippen LogP contribution in [-0.2, 0) is 16.6 Å². The first-order chi connectivity index (χ1) is 14.5. The molecule has 1 heterocycles. The molecule has 0 unspecified atom stereocenters. The van der Waals surface area contributed by atoms with Gasteiger partial charge in [-0.25, -0.2) is 13.2 Å². The Labute approximate surface area is 176 Å². The van der Waals surface area contributed by atoms with Crippen molar-refractivity contribution >= 4 is 26.8 Å². The van der Waals surface area contributed by atoms with Crippen LogP contribution in [0.5, 0.6) is 0 Å². The Balaban J connectivity index is 1.84. The smallest absolute Gasteiger partial charge is 0.336 e. The molecule has 0 amide bonds. The van der Waals surface area contributed by atoms with Crippen LogP contribution in [0.25, 0.3) is 10.8 Å². The van der Waals surface area contributed by atoms with Gasteiger partial charge in [-0.3, -0.25) is 0 Å². The van der Waals surface area contributed by atoms with E-state index in [4.69, 9.17) is 0 Å². The number of fused-ring (bicyclic) bond motifs is 1. The molecule has 0 radical (unpaired) electrons. The molecule has 2 N–H and O–H groups in total. The van der Waals surface area contributed by atoms with Crippen LogP contribution in [0.1, 0.15) is 28.8 Å². The highest BCUT2D eigenvalue weighted by Crippen LogP contribution is 2.31. The molecule has 1 fully saturated rings. The number of carboxylic acids is 1. The monoisotopic (exact) mass is 424 g/mol. The van der Waals surface area contributed by atoms with Crippen LogP contribution in [0.3, 0.4) is 0 Å². The van der Waals surface area contributed by atoms with Crippen molar-refractivity contribution in [1.82, 2.24) is 9.62 Å². The van der Waals surface area contributed by atoms with E-state index in [1.165, 1.54) is 12.1 Å². The first-order valence-electron chi connectivity index (χ1n) is 10.00. The zero-order valence-electron chi connectivity index (χ0n) is 16.5. The Morgan fingerprint density at radius 3 is 2.23 bits per heavy atom. The van der Waals surface area contributed by atoms with Gasteiger partial charge in [0.1, 0.15) is 0 Å². The van der Waals surface area contributed by atoms with Crippen LogP contribution in [0.2, 0.25) is 0 Å². The number of piperidine rings is 1. The summed E-state index contributed by atoms with van der Waals surface area (Å²) in [5.41, 5.74) is 1.02. The van der Waals surface area contributed by atoms with Crippen molar-refractivity contribution in [3.05, 3.63) is 77.9 Å². The maximum atomic E-state index is 13.9. The number of carboxylic acid groups (broad SMARTS) is 1. The van der Waals surface area contributed by atoms with E-state index in [-0.39, 0.29) is 23.0 Å². The van der Waals surface area contributed by atoms with Crippen LogP contribution < -0.4 is 5.32 Å². The maximum absolute atomic E-state index is 13.9. The van der Waals surface area contributed by atoms with Crippen LogP contribution in [0.4, 0.5) is 0 Å². The minimum Gasteiger partial charge on any atom is -0.478 e. The van der Waals surface area contributed by atoms with E-state index in [0.29, 0.717) is 10.8 Å². The fourth-order valence-corrected chi connectivity index (χ4v) is 5.95. The van der Waals surface area contributed by atoms with Gasteiger partial charge in [0.15, 0.2) is 0 Å². The molecular weight excluding hydrogens is 400 g/mol. The Morgan fingerprint density at radius 2 is 1.57 bits per heavy atom. The molecule has 0 atom stereocenters. The Kier molecular flexibility index (Phi) is 5.85. The molecule has 0 aliphatic carbocycles. The van der Waals surface area contributed by atoms with Crippen molar-refractivity contribution in [2.24, 2.45) is 0 Å². The molecule has 0 bridgehead atoms. The van der Waals surface area contributed by atoms with Gasteiger partial charge < -0.3 is 10.4 Å². The van der Waals surface area contributed by atoms with Gasteiger partial charge in [0.25, 0.3) is 0 Å². The molecule has 0 spiro atoms. The van der Waals surface area contributed by atoms with Crippen LogP contribution in [0.15, 0.2) is 71.6 Å². The van der Waals surface area contributed by atoms with E-state index in [1.54, 1.807) is 28.6 Å². The number of hydrogen-bond donors (Lipinski definition) is 2. The third-order valence-corrected chi connectivity index (χ3v) is 7.55. The van der Waals surface area contributed by atoms with Crippen LogP contribution in [-0.4, -0.2) is 42.9 Å². The highest BCUT2D eigenvalue weighted by Gasteiger charge is 2.34. The van der Waals surface area contributed by atoms with E-state index in [9.17, 15) is 18.3 Å². The second-order valence-electron chi connectivity index (χ2n) is 7.48. The lowest BCUT2D eigenvalue weighted by atomic mass is 10.0. The number of aromatic carboxylic acids is 1. The first-order valence-corrected chi connectivity index (χ1v) is 11.4. The van der Waals surface area contributed by atoms with Crippen LogP contribution >= 0.6 is 0 Å². The molecule has 0 aromatic heterocycles. The standard InChI is InChI=1S/C23H24N2O4S/c26-23(27)21-10-11-22(20-9-5-4-8-19(20)21)30(28,29)25(18-12-14-24-15-13-18)16-17-6-2-1-3-7-17/h1-11,18,24H,12-16H2,(H,26,27). The first kappa shape index (κ1) is 20.5. The van der Waals surface area contributed by atoms with Gasteiger partial charge in [0.05, 0.1) is 10.5 Å². The van der Waals surface area contributed by atoms with Gasteiger partial charge in [-0.2, -0.15) is 4.31 Å².